The van der Waals surface area contributed by atoms with Gasteiger partial charge in [-0.15, -0.1) is 0 Å². The molecule has 2 unspecified atom stereocenters. The molecule has 3 heterocycles. The molecule has 1 aromatic heterocycles. The van der Waals surface area contributed by atoms with Crippen LogP contribution in [0.1, 0.15) is 10.4 Å². The highest BCUT2D eigenvalue weighted by molar-refractivity contribution is 7.08. The topological polar surface area (TPSA) is 75.9 Å². The van der Waals surface area contributed by atoms with Crippen molar-refractivity contribution >= 4 is 23.2 Å². The van der Waals surface area contributed by atoms with Crippen LogP contribution in [0, 0.1) is 5.92 Å². The molecule has 1 aromatic rings. The predicted octanol–water partition coefficient (Wildman–Crippen LogP) is 0.00620. The quantitative estimate of drug-likeness (QED) is 0.835. The Kier molecular flexibility index (Phi) is 4.23. The number of thiophene rings is 1. The summed E-state index contributed by atoms with van der Waals surface area (Å²) >= 11 is 1.51. The fourth-order valence-corrected chi connectivity index (χ4v) is 3.39. The van der Waals surface area contributed by atoms with E-state index in [9.17, 15) is 9.59 Å². The van der Waals surface area contributed by atoms with Crippen molar-refractivity contribution in [3.8, 4) is 0 Å². The van der Waals surface area contributed by atoms with Crippen LogP contribution in [0.4, 0.5) is 0 Å². The first-order valence-electron chi connectivity index (χ1n) is 7.10. The van der Waals surface area contributed by atoms with Gasteiger partial charge in [0.15, 0.2) is 0 Å². The van der Waals surface area contributed by atoms with Crippen molar-refractivity contribution < 1.29 is 14.3 Å². The van der Waals surface area contributed by atoms with Gasteiger partial charge in [0.05, 0.1) is 24.7 Å². The monoisotopic (exact) mass is 309 g/mol. The van der Waals surface area contributed by atoms with Crippen LogP contribution in [-0.2, 0) is 9.53 Å². The van der Waals surface area contributed by atoms with E-state index >= 15 is 0 Å². The lowest BCUT2D eigenvalue weighted by atomic mass is 10.0. The molecule has 0 bridgehead atoms. The summed E-state index contributed by atoms with van der Waals surface area (Å²) in [5, 5.41) is 3.75. The van der Waals surface area contributed by atoms with Crippen LogP contribution in [0.25, 0.3) is 0 Å². The minimum Gasteiger partial charge on any atom is -0.379 e. The van der Waals surface area contributed by atoms with Crippen molar-refractivity contribution in [2.75, 3.05) is 39.4 Å². The van der Waals surface area contributed by atoms with Crippen molar-refractivity contribution in [3.05, 3.63) is 22.4 Å². The van der Waals surface area contributed by atoms with Gasteiger partial charge in [-0.2, -0.15) is 11.3 Å². The Balaban J connectivity index is 1.55. The summed E-state index contributed by atoms with van der Waals surface area (Å²) in [5.74, 6) is -0.129. The van der Waals surface area contributed by atoms with Crippen molar-refractivity contribution in [2.45, 2.75) is 6.04 Å². The summed E-state index contributed by atoms with van der Waals surface area (Å²) in [5.41, 5.74) is 6.62. The Bertz CT molecular complexity index is 512. The van der Waals surface area contributed by atoms with Gasteiger partial charge in [0, 0.05) is 37.6 Å². The average Bonchev–Trinajstić information content (AvgIpc) is 3.17. The molecule has 2 fully saturated rings. The fourth-order valence-electron chi connectivity index (χ4n) is 2.76. The maximum Gasteiger partial charge on any atom is 0.254 e. The van der Waals surface area contributed by atoms with Gasteiger partial charge in [0.1, 0.15) is 0 Å². The first kappa shape index (κ1) is 14.5. The summed E-state index contributed by atoms with van der Waals surface area (Å²) in [4.78, 5) is 28.2. The van der Waals surface area contributed by atoms with Gasteiger partial charge in [0.2, 0.25) is 5.91 Å². The van der Waals surface area contributed by atoms with Crippen molar-refractivity contribution in [1.82, 2.24) is 9.80 Å². The van der Waals surface area contributed by atoms with Crippen molar-refractivity contribution in [2.24, 2.45) is 11.7 Å². The molecule has 6 nitrogen and oxygen atoms in total. The van der Waals surface area contributed by atoms with E-state index in [1.807, 2.05) is 16.8 Å². The van der Waals surface area contributed by atoms with E-state index < -0.39 is 0 Å². The molecule has 2 N–H and O–H groups in total. The Morgan fingerprint density at radius 3 is 2.48 bits per heavy atom. The van der Waals surface area contributed by atoms with E-state index in [-0.39, 0.29) is 23.8 Å². The number of ether oxygens (including phenoxy) is 1. The summed E-state index contributed by atoms with van der Waals surface area (Å²) in [6.45, 7) is 3.14. The highest BCUT2D eigenvalue weighted by Crippen LogP contribution is 2.17. The summed E-state index contributed by atoms with van der Waals surface area (Å²) in [6, 6.07) is 1.63. The highest BCUT2D eigenvalue weighted by atomic mass is 32.1. The standard InChI is InChI=1S/C14H19N3O3S/c15-12-8-20-7-11(12)14(19)17-4-2-16(3-5-17)13(18)10-1-6-21-9-10/h1,6,9,11-12H,2-5,7-8,15H2. The number of nitrogens with zero attached hydrogens (tertiary/aromatic N) is 2. The maximum atomic E-state index is 12.4. The molecule has 0 aliphatic carbocycles. The van der Waals surface area contributed by atoms with Gasteiger partial charge in [-0.05, 0) is 11.4 Å². The van der Waals surface area contributed by atoms with Crippen LogP contribution in [0.2, 0.25) is 0 Å². The number of amides is 2. The SMILES string of the molecule is NC1COCC1C(=O)N1CCN(C(=O)c2ccsc2)CC1. The third kappa shape index (κ3) is 2.95. The summed E-state index contributed by atoms with van der Waals surface area (Å²) in [6.07, 6.45) is 0. The largest absolute Gasteiger partial charge is 0.379 e. The Morgan fingerprint density at radius 2 is 1.90 bits per heavy atom. The molecule has 2 saturated heterocycles. The van der Waals surface area contributed by atoms with Crippen LogP contribution < -0.4 is 5.73 Å². The van der Waals surface area contributed by atoms with E-state index in [0.29, 0.717) is 39.4 Å². The molecule has 2 aliphatic heterocycles. The second-order valence-electron chi connectivity index (χ2n) is 5.44. The molecule has 2 amide bonds. The highest BCUT2D eigenvalue weighted by Gasteiger charge is 2.35. The minimum atomic E-state index is -0.232. The van der Waals surface area contributed by atoms with E-state index in [2.05, 4.69) is 0 Å². The average molecular weight is 309 g/mol. The lowest BCUT2D eigenvalue weighted by molar-refractivity contribution is -0.137. The molecule has 2 aliphatic rings. The number of hydrogen-bond acceptors (Lipinski definition) is 5. The molecule has 0 spiro atoms. The van der Waals surface area contributed by atoms with Gasteiger partial charge in [-0.25, -0.2) is 0 Å². The predicted molar refractivity (Wildman–Crippen MR) is 79.1 cm³/mol. The Morgan fingerprint density at radius 1 is 1.19 bits per heavy atom. The molecule has 0 saturated carbocycles. The summed E-state index contributed by atoms with van der Waals surface area (Å²) < 4.78 is 5.25. The smallest absolute Gasteiger partial charge is 0.254 e. The van der Waals surface area contributed by atoms with Crippen LogP contribution in [0.3, 0.4) is 0 Å². The van der Waals surface area contributed by atoms with E-state index in [0.717, 1.165) is 5.56 Å². The van der Waals surface area contributed by atoms with Crippen LogP contribution in [0.5, 0.6) is 0 Å². The number of nitrogens with two attached hydrogens (primary N) is 1. The van der Waals surface area contributed by atoms with Gasteiger partial charge in [-0.1, -0.05) is 0 Å². The third-order valence-electron chi connectivity index (χ3n) is 4.09. The molecule has 0 radical (unpaired) electrons. The number of carbonyl (C=O) groups is 2. The maximum absolute atomic E-state index is 12.4. The zero-order valence-corrected chi connectivity index (χ0v) is 12.6. The van der Waals surface area contributed by atoms with Crippen LogP contribution >= 0.6 is 11.3 Å². The summed E-state index contributed by atoms with van der Waals surface area (Å²) in [7, 11) is 0. The van der Waals surface area contributed by atoms with Crippen molar-refractivity contribution in [1.29, 1.82) is 0 Å². The van der Waals surface area contributed by atoms with Gasteiger partial charge in [-0.3, -0.25) is 9.59 Å². The van der Waals surface area contributed by atoms with Crippen molar-refractivity contribution in [3.63, 3.8) is 0 Å². The number of rotatable bonds is 2. The molecule has 21 heavy (non-hydrogen) atoms. The molecule has 7 heteroatoms. The van der Waals surface area contributed by atoms with E-state index in [4.69, 9.17) is 10.5 Å². The first-order chi connectivity index (χ1) is 10.2. The Labute approximate surface area is 127 Å². The second-order valence-corrected chi connectivity index (χ2v) is 6.22. The molecule has 114 valence electrons. The third-order valence-corrected chi connectivity index (χ3v) is 4.77. The molecular formula is C14H19N3O3S. The number of piperazine rings is 1. The number of hydrogen-bond donors (Lipinski definition) is 1. The minimum absolute atomic E-state index is 0.0456. The molecular weight excluding hydrogens is 290 g/mol. The molecule has 2 atom stereocenters. The lowest BCUT2D eigenvalue weighted by Gasteiger charge is -2.36. The van der Waals surface area contributed by atoms with E-state index in [1.165, 1.54) is 11.3 Å². The number of carbonyl (C=O) groups excluding carboxylic acids is 2. The van der Waals surface area contributed by atoms with Gasteiger partial charge in [0.25, 0.3) is 5.91 Å². The Hall–Kier alpha value is -1.44. The molecule has 3 rings (SSSR count). The zero-order valence-electron chi connectivity index (χ0n) is 11.7. The van der Waals surface area contributed by atoms with Gasteiger partial charge >= 0.3 is 0 Å². The fraction of sp³-hybridized carbons (Fsp3) is 0.571. The van der Waals surface area contributed by atoms with Crippen LogP contribution in [0.15, 0.2) is 16.8 Å². The van der Waals surface area contributed by atoms with Crippen LogP contribution in [-0.4, -0.2) is 67.0 Å². The van der Waals surface area contributed by atoms with Gasteiger partial charge < -0.3 is 20.3 Å². The zero-order chi connectivity index (χ0) is 14.8. The second kappa shape index (κ2) is 6.13. The molecule has 0 aromatic carbocycles. The van der Waals surface area contributed by atoms with E-state index in [1.54, 1.807) is 9.80 Å². The normalized spacial score (nSPS) is 26.1. The first-order valence-corrected chi connectivity index (χ1v) is 8.04. The lowest BCUT2D eigenvalue weighted by Crippen LogP contribution is -2.53.